The van der Waals surface area contributed by atoms with E-state index in [-0.39, 0.29) is 12.5 Å². The van der Waals surface area contributed by atoms with Gasteiger partial charge in [0.25, 0.3) is 5.91 Å². The third-order valence-electron chi connectivity index (χ3n) is 4.63. The van der Waals surface area contributed by atoms with E-state index in [0.717, 1.165) is 28.6 Å². The highest BCUT2D eigenvalue weighted by Crippen LogP contribution is 2.27. The molecule has 0 saturated heterocycles. The van der Waals surface area contributed by atoms with Gasteiger partial charge in [-0.25, -0.2) is 4.79 Å². The van der Waals surface area contributed by atoms with Gasteiger partial charge >= 0.3 is 5.97 Å². The number of hydrogen-bond acceptors (Lipinski definition) is 3. The van der Waals surface area contributed by atoms with Crippen molar-refractivity contribution in [2.24, 2.45) is 7.05 Å². The largest absolute Gasteiger partial charge is 0.452 e. The van der Waals surface area contributed by atoms with Crippen molar-refractivity contribution in [3.63, 3.8) is 0 Å². The zero-order valence-electron chi connectivity index (χ0n) is 13.9. The average Bonchev–Trinajstić information content (AvgIpc) is 3.21. The Morgan fingerprint density at radius 2 is 1.84 bits per heavy atom. The number of ether oxygens (including phenoxy) is 1. The van der Waals surface area contributed by atoms with Crippen molar-refractivity contribution >= 4 is 28.5 Å². The zero-order chi connectivity index (χ0) is 17.4. The van der Waals surface area contributed by atoms with Crippen LogP contribution in [0, 0.1) is 0 Å². The van der Waals surface area contributed by atoms with Crippen LogP contribution in [0.25, 0.3) is 10.9 Å². The summed E-state index contributed by atoms with van der Waals surface area (Å²) in [7, 11) is 1.88. The van der Waals surface area contributed by atoms with Crippen molar-refractivity contribution in [3.8, 4) is 0 Å². The Morgan fingerprint density at radius 1 is 1.08 bits per heavy atom. The fraction of sp³-hybridized carbons (Fsp3) is 0.200. The molecular formula is C20H18N2O3. The molecule has 0 saturated carbocycles. The van der Waals surface area contributed by atoms with Crippen LogP contribution < -0.4 is 4.90 Å². The Bertz CT molecular complexity index is 974. The molecule has 25 heavy (non-hydrogen) atoms. The summed E-state index contributed by atoms with van der Waals surface area (Å²) in [5.41, 5.74) is 3.49. The van der Waals surface area contributed by atoms with Crippen molar-refractivity contribution in [2.75, 3.05) is 18.1 Å². The summed E-state index contributed by atoms with van der Waals surface area (Å²) < 4.78 is 7.17. The molecule has 126 valence electrons. The fourth-order valence-electron chi connectivity index (χ4n) is 3.38. The number of nitrogens with zero attached hydrogens (tertiary/aromatic N) is 2. The predicted molar refractivity (Wildman–Crippen MR) is 95.7 cm³/mol. The first-order chi connectivity index (χ1) is 12.1. The molecule has 0 unspecified atom stereocenters. The minimum absolute atomic E-state index is 0.196. The lowest BCUT2D eigenvalue weighted by atomic mass is 10.2. The van der Waals surface area contributed by atoms with Crippen LogP contribution in [-0.2, 0) is 23.0 Å². The topological polar surface area (TPSA) is 51.5 Å². The van der Waals surface area contributed by atoms with Crippen molar-refractivity contribution in [1.29, 1.82) is 0 Å². The van der Waals surface area contributed by atoms with E-state index in [1.807, 2.05) is 60.1 Å². The Morgan fingerprint density at radius 3 is 2.72 bits per heavy atom. The van der Waals surface area contributed by atoms with Crippen LogP contribution in [-0.4, -0.2) is 29.6 Å². The number of carbonyl (C=O) groups excluding carboxylic acids is 2. The SMILES string of the molecule is Cn1cc(C(=O)OCC(=O)N2CCc3ccccc32)c2ccccc21. The summed E-state index contributed by atoms with van der Waals surface area (Å²) in [4.78, 5) is 26.6. The molecule has 5 heteroatoms. The highest BCUT2D eigenvalue weighted by molar-refractivity contribution is 6.05. The third-order valence-corrected chi connectivity index (χ3v) is 4.63. The molecule has 0 atom stereocenters. The van der Waals surface area contributed by atoms with Gasteiger partial charge in [-0.3, -0.25) is 4.79 Å². The lowest BCUT2D eigenvalue weighted by Crippen LogP contribution is -2.33. The number of amides is 1. The quantitative estimate of drug-likeness (QED) is 0.692. The number of carbonyl (C=O) groups is 2. The van der Waals surface area contributed by atoms with Gasteiger partial charge in [0.1, 0.15) is 0 Å². The maximum Gasteiger partial charge on any atom is 0.340 e. The van der Waals surface area contributed by atoms with E-state index in [2.05, 4.69) is 0 Å². The van der Waals surface area contributed by atoms with E-state index in [9.17, 15) is 9.59 Å². The summed E-state index contributed by atoms with van der Waals surface area (Å²) in [6.07, 6.45) is 2.57. The molecule has 2 heterocycles. The molecule has 0 spiro atoms. The van der Waals surface area contributed by atoms with Crippen molar-refractivity contribution in [2.45, 2.75) is 6.42 Å². The van der Waals surface area contributed by atoms with Gasteiger partial charge < -0.3 is 14.2 Å². The Kier molecular flexibility index (Phi) is 3.76. The Hall–Kier alpha value is -3.08. The Balaban J connectivity index is 1.48. The molecular weight excluding hydrogens is 316 g/mol. The first-order valence-electron chi connectivity index (χ1n) is 8.24. The second kappa shape index (κ2) is 6.09. The number of aromatic nitrogens is 1. The van der Waals surface area contributed by atoms with Crippen molar-refractivity contribution < 1.29 is 14.3 Å². The van der Waals surface area contributed by atoms with E-state index >= 15 is 0 Å². The van der Waals surface area contributed by atoms with Crippen LogP contribution in [0.5, 0.6) is 0 Å². The molecule has 0 aliphatic carbocycles. The summed E-state index contributed by atoms with van der Waals surface area (Å²) in [6, 6.07) is 15.4. The van der Waals surface area contributed by atoms with E-state index in [1.165, 1.54) is 0 Å². The second-order valence-corrected chi connectivity index (χ2v) is 6.17. The zero-order valence-corrected chi connectivity index (χ0v) is 13.9. The van der Waals surface area contributed by atoms with Crippen LogP contribution in [0.4, 0.5) is 5.69 Å². The molecule has 0 fully saturated rings. The van der Waals surface area contributed by atoms with Gasteiger partial charge in [0.2, 0.25) is 0 Å². The fourth-order valence-corrected chi connectivity index (χ4v) is 3.38. The summed E-state index contributed by atoms with van der Waals surface area (Å²) in [6.45, 7) is 0.375. The summed E-state index contributed by atoms with van der Waals surface area (Å²) >= 11 is 0. The number of anilines is 1. The smallest absolute Gasteiger partial charge is 0.340 e. The van der Waals surface area contributed by atoms with Gasteiger partial charge in [0, 0.05) is 36.4 Å². The molecule has 0 N–H and O–H groups in total. The first kappa shape index (κ1) is 15.4. The van der Waals surface area contributed by atoms with E-state index in [4.69, 9.17) is 4.74 Å². The van der Waals surface area contributed by atoms with Gasteiger partial charge in [-0.05, 0) is 24.1 Å². The maximum atomic E-state index is 12.5. The first-order valence-corrected chi connectivity index (χ1v) is 8.24. The van der Waals surface area contributed by atoms with Crippen LogP contribution >= 0.6 is 0 Å². The lowest BCUT2D eigenvalue weighted by Gasteiger charge is -2.17. The predicted octanol–water partition coefficient (Wildman–Crippen LogP) is 2.92. The summed E-state index contributed by atoms with van der Waals surface area (Å²) in [5, 5.41) is 0.828. The van der Waals surface area contributed by atoms with E-state index in [0.29, 0.717) is 12.1 Å². The number of aryl methyl sites for hydroxylation is 1. The Labute approximate surface area is 145 Å². The van der Waals surface area contributed by atoms with Crippen LogP contribution in [0.1, 0.15) is 15.9 Å². The second-order valence-electron chi connectivity index (χ2n) is 6.17. The van der Waals surface area contributed by atoms with Gasteiger partial charge in [-0.15, -0.1) is 0 Å². The number of rotatable bonds is 3. The molecule has 0 radical (unpaired) electrons. The molecule has 1 aliphatic rings. The van der Waals surface area contributed by atoms with Crippen molar-refractivity contribution in [3.05, 3.63) is 65.9 Å². The van der Waals surface area contributed by atoms with Gasteiger partial charge in [-0.2, -0.15) is 0 Å². The van der Waals surface area contributed by atoms with Crippen LogP contribution in [0.2, 0.25) is 0 Å². The third kappa shape index (κ3) is 2.67. The number of hydrogen-bond donors (Lipinski definition) is 0. The average molecular weight is 334 g/mol. The highest BCUT2D eigenvalue weighted by Gasteiger charge is 2.25. The maximum absolute atomic E-state index is 12.5. The standard InChI is InChI=1S/C20H18N2O3/c1-21-12-16(15-7-3-5-9-18(15)21)20(24)25-13-19(23)22-11-10-14-6-2-4-8-17(14)22/h2-9,12H,10-11,13H2,1H3. The lowest BCUT2D eigenvalue weighted by molar-refractivity contribution is -0.121. The normalized spacial score (nSPS) is 13.1. The molecule has 1 aliphatic heterocycles. The minimum Gasteiger partial charge on any atom is -0.452 e. The number of fused-ring (bicyclic) bond motifs is 2. The monoisotopic (exact) mass is 334 g/mol. The van der Waals surface area contributed by atoms with E-state index < -0.39 is 5.97 Å². The summed E-state index contributed by atoms with van der Waals surface area (Å²) in [5.74, 6) is -0.670. The number of benzene rings is 2. The van der Waals surface area contributed by atoms with Gasteiger partial charge in [0.05, 0.1) is 5.56 Å². The molecule has 0 bridgehead atoms. The minimum atomic E-state index is -0.474. The molecule has 1 aromatic heterocycles. The van der Waals surface area contributed by atoms with Gasteiger partial charge in [-0.1, -0.05) is 36.4 Å². The number of esters is 1. The van der Waals surface area contributed by atoms with E-state index in [1.54, 1.807) is 11.1 Å². The van der Waals surface area contributed by atoms with Crippen molar-refractivity contribution in [1.82, 2.24) is 4.57 Å². The molecule has 5 nitrogen and oxygen atoms in total. The van der Waals surface area contributed by atoms with Crippen LogP contribution in [0.3, 0.4) is 0 Å². The number of para-hydroxylation sites is 2. The highest BCUT2D eigenvalue weighted by atomic mass is 16.5. The molecule has 3 aromatic rings. The molecule has 1 amide bonds. The molecule has 2 aromatic carbocycles. The van der Waals surface area contributed by atoms with Crippen LogP contribution in [0.15, 0.2) is 54.7 Å². The van der Waals surface area contributed by atoms with Gasteiger partial charge in [0.15, 0.2) is 6.61 Å². The molecule has 4 rings (SSSR count).